The van der Waals surface area contributed by atoms with Gasteiger partial charge in [0.2, 0.25) is 0 Å². The molecule has 8 heteroatoms. The molecule has 0 aromatic rings. The van der Waals surface area contributed by atoms with Crippen molar-refractivity contribution in [3.8, 4) is 0 Å². The Morgan fingerprint density at radius 1 is 0.544 bits per heavy atom. The van der Waals surface area contributed by atoms with Gasteiger partial charge >= 0.3 is 11.9 Å². The molecule has 0 fully saturated rings. The van der Waals surface area contributed by atoms with Crippen LogP contribution in [-0.4, -0.2) is 75.5 Å². The molecule has 0 N–H and O–H groups in total. The number of allylic oxidation sites excluding steroid dienone is 4. The van der Waals surface area contributed by atoms with Crippen LogP contribution in [0, 0.1) is 0 Å². The van der Waals surface area contributed by atoms with E-state index in [4.69, 9.17) is 14.2 Å². The summed E-state index contributed by atoms with van der Waals surface area (Å²) in [6, 6.07) is -0.725. The number of nitrogens with zero attached hydrogens (tertiary/aromatic N) is 1. The van der Waals surface area contributed by atoms with E-state index in [9.17, 15) is 19.5 Å². The van der Waals surface area contributed by atoms with Crippen molar-refractivity contribution in [2.24, 2.45) is 0 Å². The maximum atomic E-state index is 12.7. The molecule has 0 heterocycles. The second kappa shape index (κ2) is 40.6. The summed E-state index contributed by atoms with van der Waals surface area (Å²) in [5.41, 5.74) is 0. The molecule has 0 rings (SSSR count). The van der Waals surface area contributed by atoms with Crippen LogP contribution in [0.25, 0.3) is 0 Å². The Labute approximate surface area is 351 Å². The maximum Gasteiger partial charge on any atom is 0.306 e. The second-order valence-corrected chi connectivity index (χ2v) is 17.3. The van der Waals surface area contributed by atoms with Crippen LogP contribution in [0.15, 0.2) is 24.3 Å². The summed E-state index contributed by atoms with van der Waals surface area (Å²) >= 11 is 0. The summed E-state index contributed by atoms with van der Waals surface area (Å²) in [6.07, 6.45) is 45.0. The number of esters is 2. The number of hydrogen-bond donors (Lipinski definition) is 0. The topological polar surface area (TPSA) is 102 Å². The number of rotatable bonds is 43. The van der Waals surface area contributed by atoms with Gasteiger partial charge in [-0.1, -0.05) is 186 Å². The number of carbonyl (C=O) groups excluding carboxylic acids is 3. The van der Waals surface area contributed by atoms with E-state index in [0.717, 1.165) is 70.6 Å². The number of ether oxygens (including phenoxy) is 3. The van der Waals surface area contributed by atoms with Gasteiger partial charge in [0.1, 0.15) is 12.6 Å². The smallest absolute Gasteiger partial charge is 0.306 e. The van der Waals surface area contributed by atoms with Crippen molar-refractivity contribution < 1.29 is 38.2 Å². The van der Waals surface area contributed by atoms with E-state index in [0.29, 0.717) is 12.8 Å². The molecule has 0 amide bonds. The predicted octanol–water partition coefficient (Wildman–Crippen LogP) is 11.9. The highest BCUT2D eigenvalue weighted by Gasteiger charge is 2.25. The van der Waals surface area contributed by atoms with Crippen LogP contribution < -0.4 is 5.11 Å². The Morgan fingerprint density at radius 2 is 0.982 bits per heavy atom. The average Bonchev–Trinajstić information content (AvgIpc) is 3.17. The number of likely N-dealkylation sites (N-methyl/N-ethyl adjacent to an activating group) is 1. The standard InChI is InChI=1S/C49H91NO7/c1-6-8-10-12-14-16-18-20-21-22-23-24-25-26-27-28-30-32-34-36-38-40-48(52)57-45(43-55-42-41-46(49(53)54)50(3,4)5)44-56-47(51)39-37-35-33-31-29-19-17-15-13-11-9-7-2/h9,11,15,17,45-46H,6-8,10,12-14,16,18-44H2,1-5H3/b11-9+,17-15+. The van der Waals surface area contributed by atoms with Crippen molar-refractivity contribution in [2.75, 3.05) is 41.0 Å². The van der Waals surface area contributed by atoms with Crippen molar-refractivity contribution in [1.29, 1.82) is 0 Å². The van der Waals surface area contributed by atoms with Crippen LogP contribution in [0.3, 0.4) is 0 Å². The van der Waals surface area contributed by atoms with Gasteiger partial charge in [0.15, 0.2) is 6.10 Å². The summed E-state index contributed by atoms with van der Waals surface area (Å²) in [5, 5.41) is 11.6. The van der Waals surface area contributed by atoms with Crippen molar-refractivity contribution in [3.63, 3.8) is 0 Å². The maximum absolute atomic E-state index is 12.7. The van der Waals surface area contributed by atoms with Gasteiger partial charge in [0, 0.05) is 19.3 Å². The highest BCUT2D eigenvalue weighted by molar-refractivity contribution is 5.70. The summed E-state index contributed by atoms with van der Waals surface area (Å²) in [7, 11) is 5.41. The fourth-order valence-electron chi connectivity index (χ4n) is 7.17. The first kappa shape index (κ1) is 54.8. The molecule has 0 aromatic heterocycles. The second-order valence-electron chi connectivity index (χ2n) is 17.3. The van der Waals surface area contributed by atoms with E-state index >= 15 is 0 Å². The molecule has 0 saturated carbocycles. The van der Waals surface area contributed by atoms with Crippen LogP contribution in [0.5, 0.6) is 0 Å². The zero-order valence-corrected chi connectivity index (χ0v) is 38.0. The summed E-state index contributed by atoms with van der Waals surface area (Å²) < 4.78 is 17.2. The van der Waals surface area contributed by atoms with E-state index in [-0.39, 0.29) is 42.7 Å². The number of carboxylic acids is 1. The largest absolute Gasteiger partial charge is 0.544 e. The van der Waals surface area contributed by atoms with Gasteiger partial charge in [0.25, 0.3) is 0 Å². The lowest BCUT2D eigenvalue weighted by Crippen LogP contribution is -2.55. The molecule has 0 aliphatic heterocycles. The van der Waals surface area contributed by atoms with Gasteiger partial charge in [-0.25, -0.2) is 0 Å². The normalized spacial score (nSPS) is 13.1. The van der Waals surface area contributed by atoms with Gasteiger partial charge in [-0.2, -0.15) is 0 Å². The first-order valence-corrected chi connectivity index (χ1v) is 23.9. The van der Waals surface area contributed by atoms with Crippen LogP contribution >= 0.6 is 0 Å². The lowest BCUT2D eigenvalue weighted by atomic mass is 10.0. The minimum Gasteiger partial charge on any atom is -0.544 e. The van der Waals surface area contributed by atoms with Gasteiger partial charge in [0.05, 0.1) is 40.3 Å². The number of carboxylic acid groups (broad SMARTS) is 1. The Kier molecular flexibility index (Phi) is 39.0. The third kappa shape index (κ3) is 39.1. The molecular formula is C49H91NO7. The SMILES string of the molecule is CC/C=C/C/C=C/CCCCCCCC(=O)OCC(COCCC(C(=O)[O-])[N+](C)(C)C)OC(=O)CCCCCCCCCCCCCCCCCCCCCCC. The van der Waals surface area contributed by atoms with E-state index in [1.807, 2.05) is 0 Å². The Balaban J connectivity index is 4.21. The van der Waals surface area contributed by atoms with Crippen LogP contribution in [-0.2, 0) is 28.6 Å². The average molecular weight is 806 g/mol. The van der Waals surface area contributed by atoms with E-state index in [1.165, 1.54) is 116 Å². The molecule has 2 unspecified atom stereocenters. The lowest BCUT2D eigenvalue weighted by Gasteiger charge is -2.34. The third-order valence-electron chi connectivity index (χ3n) is 10.9. The number of hydrogen-bond acceptors (Lipinski definition) is 7. The predicted molar refractivity (Wildman–Crippen MR) is 236 cm³/mol. The molecule has 0 spiro atoms. The molecule has 334 valence electrons. The first-order chi connectivity index (χ1) is 27.6. The zero-order valence-electron chi connectivity index (χ0n) is 38.0. The van der Waals surface area contributed by atoms with Gasteiger partial charge in [-0.05, 0) is 38.5 Å². The van der Waals surface area contributed by atoms with Gasteiger partial charge in [-0.15, -0.1) is 0 Å². The van der Waals surface area contributed by atoms with Crippen LogP contribution in [0.2, 0.25) is 0 Å². The molecular weight excluding hydrogens is 715 g/mol. The van der Waals surface area contributed by atoms with Crippen molar-refractivity contribution in [3.05, 3.63) is 24.3 Å². The fraction of sp³-hybridized carbons (Fsp3) is 0.857. The Morgan fingerprint density at radius 3 is 1.44 bits per heavy atom. The lowest BCUT2D eigenvalue weighted by molar-refractivity contribution is -0.889. The number of carbonyl (C=O) groups is 3. The summed E-state index contributed by atoms with van der Waals surface area (Å²) in [4.78, 5) is 36.9. The molecule has 0 radical (unpaired) electrons. The molecule has 0 aromatic carbocycles. The van der Waals surface area contributed by atoms with Crippen LogP contribution in [0.4, 0.5) is 0 Å². The van der Waals surface area contributed by atoms with E-state index in [1.54, 1.807) is 21.1 Å². The molecule has 2 atom stereocenters. The highest BCUT2D eigenvalue weighted by Crippen LogP contribution is 2.16. The third-order valence-corrected chi connectivity index (χ3v) is 10.9. The minimum atomic E-state index is -1.12. The van der Waals surface area contributed by atoms with Crippen LogP contribution in [0.1, 0.15) is 219 Å². The Hall–Kier alpha value is -2.19. The van der Waals surface area contributed by atoms with Crippen molar-refractivity contribution in [2.45, 2.75) is 231 Å². The molecule has 0 aliphatic carbocycles. The molecule has 0 aliphatic rings. The molecule has 57 heavy (non-hydrogen) atoms. The number of aliphatic carboxylic acids is 1. The van der Waals surface area contributed by atoms with E-state index in [2.05, 4.69) is 38.2 Å². The fourth-order valence-corrected chi connectivity index (χ4v) is 7.17. The quantitative estimate of drug-likeness (QED) is 0.0262. The van der Waals surface area contributed by atoms with Gasteiger partial charge < -0.3 is 28.6 Å². The van der Waals surface area contributed by atoms with Crippen molar-refractivity contribution in [1.82, 2.24) is 0 Å². The number of unbranched alkanes of at least 4 members (excludes halogenated alkanes) is 25. The van der Waals surface area contributed by atoms with E-state index < -0.39 is 18.1 Å². The molecule has 8 nitrogen and oxygen atoms in total. The number of quaternary nitrogens is 1. The van der Waals surface area contributed by atoms with Gasteiger partial charge in [-0.3, -0.25) is 9.59 Å². The minimum absolute atomic E-state index is 0.0403. The van der Waals surface area contributed by atoms with Crippen molar-refractivity contribution >= 4 is 17.9 Å². The Bertz CT molecular complexity index is 989. The summed E-state index contributed by atoms with van der Waals surface area (Å²) in [5.74, 6) is -1.74. The molecule has 0 saturated heterocycles. The molecule has 0 bridgehead atoms. The monoisotopic (exact) mass is 806 g/mol. The zero-order chi connectivity index (χ0) is 42.1. The highest BCUT2D eigenvalue weighted by atomic mass is 16.6. The summed E-state index contributed by atoms with van der Waals surface area (Å²) in [6.45, 7) is 4.57. The first-order valence-electron chi connectivity index (χ1n) is 23.9.